The maximum absolute atomic E-state index is 12.0. The number of nitrogens with two attached hydrogens (primary N) is 2. The number of unbranched alkanes of at least 4 members (excludes halogenated alkanes) is 3. The van der Waals surface area contributed by atoms with Crippen molar-refractivity contribution >= 4 is 13.3 Å². The lowest BCUT2D eigenvalue weighted by molar-refractivity contribution is 0.340. The maximum atomic E-state index is 12.0. The first kappa shape index (κ1) is 17.0. The van der Waals surface area contributed by atoms with Crippen LogP contribution in [-0.4, -0.2) is 13.2 Å². The van der Waals surface area contributed by atoms with E-state index in [9.17, 15) is 4.57 Å². The van der Waals surface area contributed by atoms with Crippen molar-refractivity contribution in [3.63, 3.8) is 0 Å². The highest BCUT2D eigenvalue weighted by molar-refractivity contribution is 7.60. The molecule has 0 atom stereocenters. The highest BCUT2D eigenvalue weighted by atomic mass is 31.2. The second-order valence-electron chi connectivity index (χ2n) is 4.78. The molecular weight excluding hydrogens is 273 g/mol. The molecule has 0 radical (unpaired) electrons. The fraction of sp³-hybridized carbons (Fsp3) is 0.571. The van der Waals surface area contributed by atoms with E-state index in [1.807, 2.05) is 31.2 Å². The highest BCUT2D eigenvalue weighted by Gasteiger charge is 2.21. The Morgan fingerprint density at radius 3 is 2.25 bits per heavy atom. The molecule has 0 bridgehead atoms. The van der Waals surface area contributed by atoms with E-state index in [0.29, 0.717) is 13.2 Å². The minimum atomic E-state index is -3.28. The molecule has 0 saturated heterocycles. The second kappa shape index (κ2) is 8.30. The van der Waals surface area contributed by atoms with E-state index in [4.69, 9.17) is 15.7 Å². The summed E-state index contributed by atoms with van der Waals surface area (Å²) in [5, 5.41) is 0. The average molecular weight is 299 g/mol. The molecule has 0 amide bonds. The molecule has 114 valence electrons. The van der Waals surface area contributed by atoms with Crippen LogP contribution in [0, 0.1) is 0 Å². The molecule has 1 aromatic rings. The summed E-state index contributed by atoms with van der Waals surface area (Å²) in [7, 11) is -3.28. The predicted molar refractivity (Wildman–Crippen MR) is 85.1 cm³/mol. The molecule has 0 aliphatic rings. The molecular formula is C14H26N3O2P. The van der Waals surface area contributed by atoms with Crippen molar-refractivity contribution in [3.05, 3.63) is 24.3 Å². The van der Waals surface area contributed by atoms with E-state index in [1.165, 1.54) is 0 Å². The number of rotatable bonds is 9. The largest absolute Gasteiger partial charge is 0.494 e. The van der Waals surface area contributed by atoms with Gasteiger partial charge in [-0.15, -0.1) is 0 Å². The zero-order valence-electron chi connectivity index (χ0n) is 12.4. The van der Waals surface area contributed by atoms with Gasteiger partial charge >= 0.3 is 7.59 Å². The van der Waals surface area contributed by atoms with Crippen LogP contribution >= 0.6 is 7.59 Å². The summed E-state index contributed by atoms with van der Waals surface area (Å²) < 4.78 is 19.0. The molecule has 0 heterocycles. The zero-order valence-corrected chi connectivity index (χ0v) is 13.3. The van der Waals surface area contributed by atoms with Crippen LogP contribution in [0.1, 0.15) is 39.5 Å². The zero-order chi connectivity index (χ0) is 15.0. The normalized spacial score (nSPS) is 11.4. The smallest absolute Gasteiger partial charge is 0.300 e. The van der Waals surface area contributed by atoms with Crippen molar-refractivity contribution in [1.29, 1.82) is 0 Å². The van der Waals surface area contributed by atoms with Crippen LogP contribution < -0.4 is 20.4 Å². The number of benzene rings is 1. The highest BCUT2D eigenvalue weighted by Crippen LogP contribution is 2.38. The Bertz CT molecular complexity index is 431. The van der Waals surface area contributed by atoms with Crippen molar-refractivity contribution in [1.82, 2.24) is 0 Å². The standard InChI is InChI=1S/C14H26N3O2P/c1-3-5-6-7-12-17(20(15,16)18)13-8-10-14(11-9-13)19-4-2/h8-11H,3-7,12H2,1-2H3,(H4,15,16,18). The van der Waals surface area contributed by atoms with Gasteiger partial charge < -0.3 is 4.74 Å². The van der Waals surface area contributed by atoms with Crippen LogP contribution in [-0.2, 0) is 4.57 Å². The first-order valence-electron chi connectivity index (χ1n) is 7.17. The summed E-state index contributed by atoms with van der Waals surface area (Å²) in [5.41, 5.74) is 12.1. The lowest BCUT2D eigenvalue weighted by atomic mass is 10.2. The third kappa shape index (κ3) is 5.53. The van der Waals surface area contributed by atoms with Crippen LogP contribution in [0.15, 0.2) is 24.3 Å². The molecule has 1 aromatic carbocycles. The van der Waals surface area contributed by atoms with Crippen molar-refractivity contribution in [2.24, 2.45) is 11.0 Å². The first-order chi connectivity index (χ1) is 9.49. The number of hydrogen-bond donors (Lipinski definition) is 2. The molecule has 0 aromatic heterocycles. The fourth-order valence-electron chi connectivity index (χ4n) is 2.04. The molecule has 0 aliphatic carbocycles. The first-order valence-corrected chi connectivity index (χ1v) is 8.97. The minimum Gasteiger partial charge on any atom is -0.494 e. The lowest BCUT2D eigenvalue weighted by Gasteiger charge is -2.27. The Morgan fingerprint density at radius 2 is 1.75 bits per heavy atom. The van der Waals surface area contributed by atoms with E-state index >= 15 is 0 Å². The maximum Gasteiger partial charge on any atom is 0.300 e. The fourth-order valence-corrected chi connectivity index (χ4v) is 2.98. The van der Waals surface area contributed by atoms with Gasteiger partial charge in [-0.1, -0.05) is 26.2 Å². The van der Waals surface area contributed by atoms with Gasteiger partial charge in [-0.3, -0.25) is 20.2 Å². The predicted octanol–water partition coefficient (Wildman–Crippen LogP) is 3.50. The molecule has 0 unspecified atom stereocenters. The van der Waals surface area contributed by atoms with Crippen molar-refractivity contribution in [2.45, 2.75) is 39.5 Å². The third-order valence-corrected chi connectivity index (χ3v) is 4.23. The molecule has 4 N–H and O–H groups in total. The molecule has 20 heavy (non-hydrogen) atoms. The van der Waals surface area contributed by atoms with E-state index in [-0.39, 0.29) is 0 Å². The van der Waals surface area contributed by atoms with Crippen LogP contribution in [0.4, 0.5) is 5.69 Å². The monoisotopic (exact) mass is 299 g/mol. The summed E-state index contributed by atoms with van der Waals surface area (Å²) in [6, 6.07) is 7.37. The van der Waals surface area contributed by atoms with Crippen LogP contribution in [0.2, 0.25) is 0 Å². The van der Waals surface area contributed by atoms with Crippen molar-refractivity contribution in [3.8, 4) is 5.75 Å². The summed E-state index contributed by atoms with van der Waals surface area (Å²) in [5.74, 6) is 0.783. The summed E-state index contributed by atoms with van der Waals surface area (Å²) in [4.78, 5) is 0. The topological polar surface area (TPSA) is 81.6 Å². The van der Waals surface area contributed by atoms with Gasteiger partial charge in [-0.05, 0) is 37.6 Å². The number of anilines is 1. The lowest BCUT2D eigenvalue weighted by Crippen LogP contribution is -2.29. The Kier molecular flexibility index (Phi) is 7.06. The molecule has 0 saturated carbocycles. The summed E-state index contributed by atoms with van der Waals surface area (Å²) in [6.07, 6.45) is 4.34. The van der Waals surface area contributed by atoms with Gasteiger partial charge in [0.1, 0.15) is 5.75 Å². The molecule has 5 nitrogen and oxygen atoms in total. The van der Waals surface area contributed by atoms with E-state index in [0.717, 1.165) is 37.1 Å². The van der Waals surface area contributed by atoms with Gasteiger partial charge in [0.2, 0.25) is 0 Å². The van der Waals surface area contributed by atoms with Gasteiger partial charge in [0.15, 0.2) is 0 Å². The Balaban J connectivity index is 2.74. The minimum absolute atomic E-state index is 0.609. The molecule has 0 aliphatic heterocycles. The van der Waals surface area contributed by atoms with E-state index < -0.39 is 7.59 Å². The molecule has 0 fully saturated rings. The van der Waals surface area contributed by atoms with Gasteiger partial charge in [0, 0.05) is 12.2 Å². The van der Waals surface area contributed by atoms with Gasteiger partial charge in [-0.2, -0.15) is 0 Å². The third-order valence-electron chi connectivity index (χ3n) is 3.05. The van der Waals surface area contributed by atoms with Crippen molar-refractivity contribution in [2.75, 3.05) is 17.8 Å². The molecule has 1 rings (SSSR count). The second-order valence-corrected chi connectivity index (χ2v) is 6.61. The number of hydrogen-bond acceptors (Lipinski definition) is 2. The average Bonchev–Trinajstić information content (AvgIpc) is 2.39. The van der Waals surface area contributed by atoms with Gasteiger partial charge in [0.25, 0.3) is 0 Å². The molecule has 0 spiro atoms. The van der Waals surface area contributed by atoms with Crippen LogP contribution in [0.3, 0.4) is 0 Å². The van der Waals surface area contributed by atoms with E-state index in [2.05, 4.69) is 6.92 Å². The van der Waals surface area contributed by atoms with Crippen LogP contribution in [0.25, 0.3) is 0 Å². The summed E-state index contributed by atoms with van der Waals surface area (Å²) in [6.45, 7) is 5.31. The SMILES string of the molecule is CCCCCCN(c1ccc(OCC)cc1)P(N)(N)=O. The Morgan fingerprint density at radius 1 is 1.10 bits per heavy atom. The number of ether oxygens (including phenoxy) is 1. The van der Waals surface area contributed by atoms with Gasteiger partial charge in [-0.25, -0.2) is 0 Å². The quantitative estimate of drug-likeness (QED) is 0.539. The van der Waals surface area contributed by atoms with Crippen molar-refractivity contribution < 1.29 is 9.30 Å². The molecule has 6 heteroatoms. The Hall–Kier alpha value is -1.03. The van der Waals surface area contributed by atoms with Crippen LogP contribution in [0.5, 0.6) is 5.75 Å². The van der Waals surface area contributed by atoms with Gasteiger partial charge in [0.05, 0.1) is 6.61 Å². The Labute approximate surface area is 121 Å². The van der Waals surface area contributed by atoms with E-state index in [1.54, 1.807) is 4.67 Å². The summed E-state index contributed by atoms with van der Waals surface area (Å²) >= 11 is 0. The number of nitrogens with zero attached hydrogens (tertiary/aromatic N) is 1.